The Morgan fingerprint density at radius 3 is 2.62 bits per heavy atom. The number of nitrogens with zero attached hydrogens (tertiary/aromatic N) is 3. The standard InChI is InChI=1S/C19H24F2N4O/c1-14-12-23-10-8-16(14)9-11-24-19(22-2)25(3)13-15-4-6-17(7-5-15)26-18(20)21/h4-8,10,12,18H,9,11,13H2,1-3H3,(H,22,24). The summed E-state index contributed by atoms with van der Waals surface area (Å²) < 4.78 is 28.7. The van der Waals surface area contributed by atoms with Crippen LogP contribution in [0.4, 0.5) is 8.78 Å². The molecule has 0 spiro atoms. The van der Waals surface area contributed by atoms with E-state index in [1.165, 1.54) is 23.3 Å². The first-order valence-corrected chi connectivity index (χ1v) is 8.34. The van der Waals surface area contributed by atoms with Crippen LogP contribution in [0.5, 0.6) is 5.75 Å². The van der Waals surface area contributed by atoms with Crippen molar-refractivity contribution in [3.05, 3.63) is 59.4 Å². The molecule has 0 aliphatic rings. The van der Waals surface area contributed by atoms with E-state index in [1.807, 2.05) is 31.1 Å². The second-order valence-electron chi connectivity index (χ2n) is 5.90. The monoisotopic (exact) mass is 362 g/mol. The van der Waals surface area contributed by atoms with Crippen molar-refractivity contribution in [3.8, 4) is 5.75 Å². The van der Waals surface area contributed by atoms with Crippen LogP contribution < -0.4 is 10.1 Å². The van der Waals surface area contributed by atoms with Crippen LogP contribution in [-0.4, -0.2) is 43.1 Å². The lowest BCUT2D eigenvalue weighted by Crippen LogP contribution is -2.39. The number of halogens is 2. The Morgan fingerprint density at radius 1 is 1.27 bits per heavy atom. The molecule has 1 aromatic carbocycles. The van der Waals surface area contributed by atoms with Crippen LogP contribution in [0, 0.1) is 6.92 Å². The summed E-state index contributed by atoms with van der Waals surface area (Å²) in [6.07, 6.45) is 4.53. The molecule has 0 saturated carbocycles. The van der Waals surface area contributed by atoms with Gasteiger partial charge in [0.05, 0.1) is 0 Å². The zero-order chi connectivity index (χ0) is 18.9. The first-order valence-electron chi connectivity index (χ1n) is 8.34. The highest BCUT2D eigenvalue weighted by Crippen LogP contribution is 2.15. The number of benzene rings is 1. The zero-order valence-corrected chi connectivity index (χ0v) is 15.2. The van der Waals surface area contributed by atoms with Crippen LogP contribution in [0.25, 0.3) is 0 Å². The van der Waals surface area contributed by atoms with Gasteiger partial charge in [-0.2, -0.15) is 8.78 Å². The summed E-state index contributed by atoms with van der Waals surface area (Å²) in [5, 5.41) is 3.33. The predicted molar refractivity (Wildman–Crippen MR) is 98.6 cm³/mol. The van der Waals surface area contributed by atoms with Gasteiger partial charge in [-0.05, 0) is 48.2 Å². The highest BCUT2D eigenvalue weighted by molar-refractivity contribution is 5.79. The SMILES string of the molecule is CN=C(NCCc1ccncc1C)N(C)Cc1ccc(OC(F)F)cc1. The van der Waals surface area contributed by atoms with E-state index in [4.69, 9.17) is 0 Å². The number of pyridine rings is 1. The van der Waals surface area contributed by atoms with Crippen molar-refractivity contribution in [2.75, 3.05) is 20.6 Å². The lowest BCUT2D eigenvalue weighted by atomic mass is 10.1. The minimum absolute atomic E-state index is 0.154. The van der Waals surface area contributed by atoms with Gasteiger partial charge in [-0.1, -0.05) is 12.1 Å². The topological polar surface area (TPSA) is 49.8 Å². The lowest BCUT2D eigenvalue weighted by Gasteiger charge is -2.22. The van der Waals surface area contributed by atoms with E-state index in [2.05, 4.69) is 20.0 Å². The van der Waals surface area contributed by atoms with E-state index in [9.17, 15) is 8.78 Å². The summed E-state index contributed by atoms with van der Waals surface area (Å²) in [6, 6.07) is 8.63. The average Bonchev–Trinajstić information content (AvgIpc) is 2.61. The Kier molecular flexibility index (Phi) is 7.32. The Morgan fingerprint density at radius 2 is 2.00 bits per heavy atom. The summed E-state index contributed by atoms with van der Waals surface area (Å²) in [4.78, 5) is 10.4. The molecule has 0 aliphatic carbocycles. The largest absolute Gasteiger partial charge is 0.435 e. The fourth-order valence-corrected chi connectivity index (χ4v) is 2.60. The number of aryl methyl sites for hydroxylation is 1. The summed E-state index contributed by atoms with van der Waals surface area (Å²) >= 11 is 0. The molecule has 26 heavy (non-hydrogen) atoms. The molecular formula is C19H24F2N4O. The van der Waals surface area contributed by atoms with Gasteiger partial charge in [0.1, 0.15) is 5.75 Å². The van der Waals surface area contributed by atoms with Crippen molar-refractivity contribution in [3.63, 3.8) is 0 Å². The van der Waals surface area contributed by atoms with E-state index in [-0.39, 0.29) is 5.75 Å². The number of hydrogen-bond acceptors (Lipinski definition) is 3. The number of rotatable bonds is 7. The molecule has 5 nitrogen and oxygen atoms in total. The summed E-state index contributed by atoms with van der Waals surface area (Å²) in [5.74, 6) is 0.922. The molecule has 1 N–H and O–H groups in total. The molecule has 0 radical (unpaired) electrons. The summed E-state index contributed by atoms with van der Waals surface area (Å²) in [6.45, 7) is 0.590. The van der Waals surface area contributed by atoms with Gasteiger partial charge in [0.15, 0.2) is 5.96 Å². The van der Waals surface area contributed by atoms with Crippen molar-refractivity contribution >= 4 is 5.96 Å². The van der Waals surface area contributed by atoms with Crippen molar-refractivity contribution in [1.29, 1.82) is 0 Å². The molecule has 0 amide bonds. The van der Waals surface area contributed by atoms with E-state index in [0.717, 1.165) is 24.5 Å². The molecule has 0 atom stereocenters. The normalized spacial score (nSPS) is 11.5. The maximum absolute atomic E-state index is 12.2. The Labute approximate surface area is 152 Å². The minimum Gasteiger partial charge on any atom is -0.435 e. The van der Waals surface area contributed by atoms with Gasteiger partial charge in [-0.15, -0.1) is 0 Å². The Balaban J connectivity index is 1.86. The molecule has 0 bridgehead atoms. The average molecular weight is 362 g/mol. The van der Waals surface area contributed by atoms with Crippen molar-refractivity contribution in [2.24, 2.45) is 4.99 Å². The van der Waals surface area contributed by atoms with Gasteiger partial charge in [0, 0.05) is 39.6 Å². The van der Waals surface area contributed by atoms with Crippen molar-refractivity contribution in [1.82, 2.24) is 15.2 Å². The predicted octanol–water partition coefficient (Wildman–Crippen LogP) is 3.24. The number of ether oxygens (including phenoxy) is 1. The molecule has 0 unspecified atom stereocenters. The van der Waals surface area contributed by atoms with Gasteiger partial charge >= 0.3 is 6.61 Å². The molecule has 140 valence electrons. The molecule has 0 saturated heterocycles. The maximum Gasteiger partial charge on any atom is 0.387 e. The second kappa shape index (κ2) is 9.70. The van der Waals surface area contributed by atoms with E-state index in [1.54, 1.807) is 25.4 Å². The second-order valence-corrected chi connectivity index (χ2v) is 5.90. The van der Waals surface area contributed by atoms with E-state index in [0.29, 0.717) is 6.54 Å². The molecule has 2 rings (SSSR count). The van der Waals surface area contributed by atoms with Crippen LogP contribution in [0.3, 0.4) is 0 Å². The van der Waals surface area contributed by atoms with E-state index < -0.39 is 6.61 Å². The molecule has 0 aliphatic heterocycles. The van der Waals surface area contributed by atoms with E-state index >= 15 is 0 Å². The maximum atomic E-state index is 12.2. The van der Waals surface area contributed by atoms with Gasteiger partial charge in [0.2, 0.25) is 0 Å². The number of hydrogen-bond donors (Lipinski definition) is 1. The Bertz CT molecular complexity index is 720. The first-order chi connectivity index (χ1) is 12.5. The highest BCUT2D eigenvalue weighted by atomic mass is 19.3. The Hall–Kier alpha value is -2.70. The van der Waals surface area contributed by atoms with Crippen LogP contribution >= 0.6 is 0 Å². The third-order valence-corrected chi connectivity index (χ3v) is 3.96. The number of guanidine groups is 1. The molecular weight excluding hydrogens is 338 g/mol. The lowest BCUT2D eigenvalue weighted by molar-refractivity contribution is -0.0498. The number of aromatic nitrogens is 1. The highest BCUT2D eigenvalue weighted by Gasteiger charge is 2.08. The van der Waals surface area contributed by atoms with Gasteiger partial charge < -0.3 is 15.0 Å². The molecule has 0 fully saturated rings. The van der Waals surface area contributed by atoms with Crippen LogP contribution in [0.2, 0.25) is 0 Å². The number of alkyl halides is 2. The smallest absolute Gasteiger partial charge is 0.387 e. The number of aliphatic imine (C=N–C) groups is 1. The van der Waals surface area contributed by atoms with Crippen LogP contribution in [-0.2, 0) is 13.0 Å². The minimum atomic E-state index is -2.81. The fraction of sp³-hybridized carbons (Fsp3) is 0.368. The van der Waals surface area contributed by atoms with Crippen LogP contribution in [0.1, 0.15) is 16.7 Å². The quantitative estimate of drug-likeness (QED) is 0.607. The van der Waals surface area contributed by atoms with Gasteiger partial charge in [-0.3, -0.25) is 9.98 Å². The van der Waals surface area contributed by atoms with Crippen LogP contribution in [0.15, 0.2) is 47.7 Å². The summed E-state index contributed by atoms with van der Waals surface area (Å²) in [5.41, 5.74) is 3.39. The van der Waals surface area contributed by atoms with Crippen molar-refractivity contribution < 1.29 is 13.5 Å². The van der Waals surface area contributed by atoms with Gasteiger partial charge in [0.25, 0.3) is 0 Å². The third kappa shape index (κ3) is 5.98. The first kappa shape index (κ1) is 19.6. The van der Waals surface area contributed by atoms with Gasteiger partial charge in [-0.25, -0.2) is 0 Å². The number of nitrogens with one attached hydrogen (secondary N) is 1. The molecule has 7 heteroatoms. The zero-order valence-electron chi connectivity index (χ0n) is 15.2. The molecule has 1 heterocycles. The summed E-state index contributed by atoms with van der Waals surface area (Å²) in [7, 11) is 3.66. The third-order valence-electron chi connectivity index (χ3n) is 3.96. The molecule has 1 aromatic heterocycles. The van der Waals surface area contributed by atoms with Crippen molar-refractivity contribution in [2.45, 2.75) is 26.5 Å². The fourth-order valence-electron chi connectivity index (χ4n) is 2.60. The molecule has 2 aromatic rings.